The summed E-state index contributed by atoms with van der Waals surface area (Å²) in [7, 11) is 0. The molecule has 0 atom stereocenters. The van der Waals surface area contributed by atoms with Gasteiger partial charge in [-0.1, -0.05) is 0 Å². The van der Waals surface area contributed by atoms with Gasteiger partial charge in [0.1, 0.15) is 0 Å². The number of amides is 1. The smallest absolute Gasteiger partial charge is 0.222 e. The predicted octanol–water partition coefficient (Wildman–Crippen LogP) is 1.19. The number of hydrogen-bond donors (Lipinski definition) is 1. The van der Waals surface area contributed by atoms with E-state index in [0.29, 0.717) is 25.0 Å². The van der Waals surface area contributed by atoms with Crippen molar-refractivity contribution in [2.24, 2.45) is 5.92 Å². The number of carbonyl (C=O) groups is 1. The van der Waals surface area contributed by atoms with Crippen LogP contribution in [0.1, 0.15) is 39.0 Å². The van der Waals surface area contributed by atoms with Gasteiger partial charge in [0.05, 0.1) is 25.4 Å². The molecule has 0 aromatic carbocycles. The number of rotatable bonds is 7. The highest BCUT2D eigenvalue weighted by molar-refractivity contribution is 5.76. The summed E-state index contributed by atoms with van der Waals surface area (Å²) < 4.78 is 11.0. The molecule has 116 valence electrons. The Morgan fingerprint density at radius 1 is 1.20 bits per heavy atom. The van der Waals surface area contributed by atoms with Crippen molar-refractivity contribution in [3.63, 3.8) is 0 Å². The maximum Gasteiger partial charge on any atom is 0.222 e. The predicted molar refractivity (Wildman–Crippen MR) is 75.4 cm³/mol. The van der Waals surface area contributed by atoms with Crippen LogP contribution in [0, 0.1) is 5.92 Å². The number of piperidine rings is 1. The zero-order chi connectivity index (χ0) is 14.4. The fraction of sp³-hybridized carbons (Fsp3) is 0.933. The van der Waals surface area contributed by atoms with E-state index in [1.807, 2.05) is 11.8 Å². The molecule has 2 aliphatic rings. The molecular weight excluding hydrogens is 258 g/mol. The van der Waals surface area contributed by atoms with Crippen molar-refractivity contribution in [3.8, 4) is 0 Å². The molecule has 1 heterocycles. The average molecular weight is 285 g/mol. The zero-order valence-electron chi connectivity index (χ0n) is 12.4. The summed E-state index contributed by atoms with van der Waals surface area (Å²) in [5, 5.41) is 8.73. The van der Waals surface area contributed by atoms with Gasteiger partial charge in [-0.2, -0.15) is 0 Å². The van der Waals surface area contributed by atoms with Crippen LogP contribution in [0.3, 0.4) is 0 Å². The summed E-state index contributed by atoms with van der Waals surface area (Å²) >= 11 is 0. The van der Waals surface area contributed by atoms with Crippen LogP contribution < -0.4 is 0 Å². The number of nitrogens with zero attached hydrogens (tertiary/aromatic N) is 1. The maximum absolute atomic E-state index is 12.2. The molecule has 1 aliphatic carbocycles. The van der Waals surface area contributed by atoms with E-state index in [2.05, 4.69) is 0 Å². The summed E-state index contributed by atoms with van der Waals surface area (Å²) in [6.07, 6.45) is 5.11. The standard InChI is InChI=1S/C15H27NO4/c1-2-19-14-9-12(10-14)11-15(18)16-5-3-13(4-6-16)20-8-7-17/h12-14,17H,2-11H2,1H3. The van der Waals surface area contributed by atoms with E-state index >= 15 is 0 Å². The molecule has 1 amide bonds. The first-order valence-corrected chi connectivity index (χ1v) is 7.84. The first kappa shape index (κ1) is 15.7. The van der Waals surface area contributed by atoms with Crippen LogP contribution in [0.5, 0.6) is 0 Å². The third-order valence-corrected chi connectivity index (χ3v) is 4.30. The zero-order valence-corrected chi connectivity index (χ0v) is 12.4. The van der Waals surface area contributed by atoms with E-state index in [4.69, 9.17) is 14.6 Å². The van der Waals surface area contributed by atoms with Crippen LogP contribution in [0.4, 0.5) is 0 Å². The second-order valence-electron chi connectivity index (χ2n) is 5.79. The van der Waals surface area contributed by atoms with E-state index in [-0.39, 0.29) is 18.6 Å². The Morgan fingerprint density at radius 2 is 1.90 bits per heavy atom. The lowest BCUT2D eigenvalue weighted by molar-refractivity contribution is -0.137. The minimum Gasteiger partial charge on any atom is -0.394 e. The van der Waals surface area contributed by atoms with Crippen LogP contribution in [-0.2, 0) is 14.3 Å². The van der Waals surface area contributed by atoms with E-state index in [1.165, 1.54) is 0 Å². The monoisotopic (exact) mass is 285 g/mol. The van der Waals surface area contributed by atoms with E-state index in [9.17, 15) is 4.79 Å². The molecule has 20 heavy (non-hydrogen) atoms. The highest BCUT2D eigenvalue weighted by Gasteiger charge is 2.33. The molecule has 5 heteroatoms. The molecule has 0 radical (unpaired) electrons. The summed E-state index contributed by atoms with van der Waals surface area (Å²) in [4.78, 5) is 14.2. The highest BCUT2D eigenvalue weighted by atomic mass is 16.5. The van der Waals surface area contributed by atoms with Gasteiger partial charge in [0.25, 0.3) is 0 Å². The van der Waals surface area contributed by atoms with Crippen molar-refractivity contribution in [3.05, 3.63) is 0 Å². The number of ether oxygens (including phenoxy) is 2. The molecule has 2 rings (SSSR count). The van der Waals surface area contributed by atoms with Gasteiger partial charge >= 0.3 is 0 Å². The van der Waals surface area contributed by atoms with Gasteiger partial charge in [0.15, 0.2) is 0 Å². The van der Waals surface area contributed by atoms with Crippen molar-refractivity contribution >= 4 is 5.91 Å². The SMILES string of the molecule is CCOC1CC(CC(=O)N2CCC(OCCO)CC2)C1. The quantitative estimate of drug-likeness (QED) is 0.763. The normalized spacial score (nSPS) is 27.4. The van der Waals surface area contributed by atoms with Crippen LogP contribution in [0.2, 0.25) is 0 Å². The Balaban J connectivity index is 1.60. The second-order valence-corrected chi connectivity index (χ2v) is 5.79. The number of likely N-dealkylation sites (tertiary alicyclic amines) is 1. The third-order valence-electron chi connectivity index (χ3n) is 4.30. The van der Waals surface area contributed by atoms with Gasteiger partial charge in [-0.25, -0.2) is 0 Å². The Kier molecular flexibility index (Phi) is 6.26. The van der Waals surface area contributed by atoms with Crippen molar-refractivity contribution in [2.45, 2.75) is 51.2 Å². The molecule has 2 fully saturated rings. The molecule has 1 aliphatic heterocycles. The molecule has 5 nitrogen and oxygen atoms in total. The molecule has 0 unspecified atom stereocenters. The number of aliphatic hydroxyl groups excluding tert-OH is 1. The number of carbonyl (C=O) groups excluding carboxylic acids is 1. The van der Waals surface area contributed by atoms with E-state index in [1.54, 1.807) is 0 Å². The number of hydrogen-bond acceptors (Lipinski definition) is 4. The highest BCUT2D eigenvalue weighted by Crippen LogP contribution is 2.33. The molecular formula is C15H27NO4. The molecule has 0 aromatic rings. The van der Waals surface area contributed by atoms with E-state index < -0.39 is 0 Å². The Bertz CT molecular complexity index is 296. The number of aliphatic hydroxyl groups is 1. The first-order chi connectivity index (χ1) is 9.72. The van der Waals surface area contributed by atoms with Crippen LogP contribution in [0.25, 0.3) is 0 Å². The van der Waals surface area contributed by atoms with Gasteiger partial charge in [0, 0.05) is 26.1 Å². The van der Waals surface area contributed by atoms with Gasteiger partial charge in [-0.15, -0.1) is 0 Å². The molecule has 1 saturated heterocycles. The van der Waals surface area contributed by atoms with Crippen molar-refractivity contribution in [2.75, 3.05) is 32.9 Å². The second kappa shape index (κ2) is 7.96. The fourth-order valence-electron chi connectivity index (χ4n) is 3.08. The van der Waals surface area contributed by atoms with Crippen LogP contribution in [-0.4, -0.2) is 61.0 Å². The average Bonchev–Trinajstić information content (AvgIpc) is 2.43. The summed E-state index contributed by atoms with van der Waals surface area (Å²) in [6, 6.07) is 0. The Hall–Kier alpha value is -0.650. The molecule has 0 bridgehead atoms. The largest absolute Gasteiger partial charge is 0.394 e. The van der Waals surface area contributed by atoms with Crippen LogP contribution in [0.15, 0.2) is 0 Å². The molecule has 1 N–H and O–H groups in total. The maximum atomic E-state index is 12.2. The minimum absolute atomic E-state index is 0.0713. The van der Waals surface area contributed by atoms with Crippen molar-refractivity contribution < 1.29 is 19.4 Å². The first-order valence-electron chi connectivity index (χ1n) is 7.84. The molecule has 0 spiro atoms. The van der Waals surface area contributed by atoms with Gasteiger partial charge < -0.3 is 19.5 Å². The minimum atomic E-state index is 0.0713. The summed E-state index contributed by atoms with van der Waals surface area (Å²) in [5.74, 6) is 0.799. The summed E-state index contributed by atoms with van der Waals surface area (Å²) in [6.45, 7) is 4.84. The van der Waals surface area contributed by atoms with Crippen molar-refractivity contribution in [1.82, 2.24) is 4.90 Å². The lowest BCUT2D eigenvalue weighted by Crippen LogP contribution is -2.43. The topological polar surface area (TPSA) is 59.0 Å². The lowest BCUT2D eigenvalue weighted by Gasteiger charge is -2.37. The van der Waals surface area contributed by atoms with Crippen LogP contribution >= 0.6 is 0 Å². The fourth-order valence-corrected chi connectivity index (χ4v) is 3.08. The molecule has 1 saturated carbocycles. The van der Waals surface area contributed by atoms with Crippen molar-refractivity contribution in [1.29, 1.82) is 0 Å². The third kappa shape index (κ3) is 4.43. The molecule has 0 aromatic heterocycles. The Labute approximate surface area is 121 Å². The van der Waals surface area contributed by atoms with Gasteiger partial charge in [0.2, 0.25) is 5.91 Å². The van der Waals surface area contributed by atoms with Gasteiger partial charge in [-0.3, -0.25) is 4.79 Å². The Morgan fingerprint density at radius 3 is 2.50 bits per heavy atom. The summed E-state index contributed by atoms with van der Waals surface area (Å²) in [5.41, 5.74) is 0. The van der Waals surface area contributed by atoms with Gasteiger partial charge in [-0.05, 0) is 38.5 Å². The lowest BCUT2D eigenvalue weighted by atomic mass is 9.79. The van der Waals surface area contributed by atoms with E-state index in [0.717, 1.165) is 45.4 Å².